The van der Waals surface area contributed by atoms with Crippen LogP contribution in [-0.4, -0.2) is 29.4 Å². The maximum absolute atomic E-state index is 9.47. The van der Waals surface area contributed by atoms with Crippen LogP contribution < -0.4 is 0 Å². The van der Waals surface area contributed by atoms with Gasteiger partial charge in [0, 0.05) is 0 Å². The zero-order chi connectivity index (χ0) is 17.1. The van der Waals surface area contributed by atoms with Crippen LogP contribution in [0.3, 0.4) is 0 Å². The average molecular weight is 318 g/mol. The van der Waals surface area contributed by atoms with Crippen molar-refractivity contribution in [2.75, 3.05) is 6.61 Å². The van der Waals surface area contributed by atoms with Gasteiger partial charge < -0.3 is 9.84 Å². The van der Waals surface area contributed by atoms with Crippen LogP contribution in [0, 0.1) is 6.92 Å². The highest BCUT2D eigenvalue weighted by molar-refractivity contribution is 5.69. The van der Waals surface area contributed by atoms with E-state index in [-0.39, 0.29) is 6.47 Å². The van der Waals surface area contributed by atoms with E-state index in [1.165, 1.54) is 5.56 Å². The van der Waals surface area contributed by atoms with E-state index >= 15 is 0 Å². The van der Waals surface area contributed by atoms with Gasteiger partial charge in [0.1, 0.15) is 6.10 Å². The van der Waals surface area contributed by atoms with Crippen molar-refractivity contribution in [1.82, 2.24) is 0 Å². The van der Waals surface area contributed by atoms with E-state index in [2.05, 4.69) is 9.62 Å². The molecular weight excluding hydrogens is 300 g/mol. The molecule has 0 radical (unpaired) electrons. The standard InChI is InChI=1S/C14H14O2.C3H4O4/c1-11-7-9-13(10-8-11)14(16-15)12-5-3-2-4-6-12;4-2-7-1-3(5)6/h2-10,14-15H,1H3;2H,1H2,(H,5,6). The molecule has 23 heavy (non-hydrogen) atoms. The molecule has 0 saturated heterocycles. The summed E-state index contributed by atoms with van der Waals surface area (Å²) >= 11 is 0. The minimum Gasteiger partial charge on any atom is -0.479 e. The van der Waals surface area contributed by atoms with Crippen molar-refractivity contribution in [3.05, 3.63) is 71.3 Å². The fourth-order valence-electron chi connectivity index (χ4n) is 1.79. The third-order valence-electron chi connectivity index (χ3n) is 2.86. The fourth-order valence-corrected chi connectivity index (χ4v) is 1.79. The maximum Gasteiger partial charge on any atom is 0.341 e. The predicted octanol–water partition coefficient (Wildman–Crippen LogP) is 2.82. The molecule has 2 N–H and O–H groups in total. The second kappa shape index (κ2) is 10.1. The second-order valence-corrected chi connectivity index (χ2v) is 4.61. The van der Waals surface area contributed by atoms with Crippen molar-refractivity contribution in [2.45, 2.75) is 13.0 Å². The minimum absolute atomic E-state index is 0.0914. The summed E-state index contributed by atoms with van der Waals surface area (Å²) in [6.45, 7) is 1.57. The Morgan fingerprint density at radius 1 is 1.09 bits per heavy atom. The van der Waals surface area contributed by atoms with Crippen molar-refractivity contribution in [3.8, 4) is 0 Å². The SMILES string of the molecule is Cc1ccc(C(OO)c2ccccc2)cc1.O=COCC(=O)O. The number of aliphatic carboxylic acids is 1. The van der Waals surface area contributed by atoms with E-state index in [1.807, 2.05) is 61.5 Å². The van der Waals surface area contributed by atoms with Crippen LogP contribution >= 0.6 is 0 Å². The van der Waals surface area contributed by atoms with E-state index in [4.69, 9.17) is 10.4 Å². The summed E-state index contributed by atoms with van der Waals surface area (Å²) in [7, 11) is 0. The van der Waals surface area contributed by atoms with Gasteiger partial charge in [-0.1, -0.05) is 60.2 Å². The van der Waals surface area contributed by atoms with Gasteiger partial charge in [0.25, 0.3) is 6.47 Å². The van der Waals surface area contributed by atoms with E-state index in [1.54, 1.807) is 0 Å². The maximum atomic E-state index is 9.47. The molecule has 0 amide bonds. The quantitative estimate of drug-likeness (QED) is 0.483. The number of carbonyl (C=O) groups excluding carboxylic acids is 1. The smallest absolute Gasteiger partial charge is 0.341 e. The lowest BCUT2D eigenvalue weighted by Gasteiger charge is -2.14. The lowest BCUT2D eigenvalue weighted by atomic mass is 10.0. The Hall–Kier alpha value is -2.70. The number of aryl methyl sites for hydroxylation is 1. The first kappa shape index (κ1) is 18.3. The molecule has 0 fully saturated rings. The summed E-state index contributed by atoms with van der Waals surface area (Å²) in [5.74, 6) is -1.15. The molecule has 1 atom stereocenters. The van der Waals surface area contributed by atoms with Gasteiger partial charge in [-0.15, -0.1) is 0 Å². The fraction of sp³-hybridized carbons (Fsp3) is 0.176. The van der Waals surface area contributed by atoms with E-state index in [0.29, 0.717) is 0 Å². The van der Waals surface area contributed by atoms with Gasteiger partial charge in [0.05, 0.1) is 0 Å². The van der Waals surface area contributed by atoms with E-state index in [0.717, 1.165) is 11.1 Å². The van der Waals surface area contributed by atoms with Crippen LogP contribution in [0.5, 0.6) is 0 Å². The second-order valence-electron chi connectivity index (χ2n) is 4.61. The summed E-state index contributed by atoms with van der Waals surface area (Å²) in [6.07, 6.45) is -0.415. The van der Waals surface area contributed by atoms with E-state index < -0.39 is 18.7 Å². The number of hydrogen-bond donors (Lipinski definition) is 2. The third-order valence-corrected chi connectivity index (χ3v) is 2.86. The lowest BCUT2D eigenvalue weighted by Crippen LogP contribution is -2.04. The van der Waals surface area contributed by atoms with Gasteiger partial charge in [-0.05, 0) is 18.1 Å². The Balaban J connectivity index is 0.000000322. The monoisotopic (exact) mass is 318 g/mol. The molecule has 0 aliphatic rings. The molecule has 0 spiro atoms. The van der Waals surface area contributed by atoms with Crippen LogP contribution in [0.2, 0.25) is 0 Å². The first-order valence-corrected chi connectivity index (χ1v) is 6.77. The number of rotatable bonds is 6. The molecule has 0 aromatic heterocycles. The Labute approximate surface area is 133 Å². The predicted molar refractivity (Wildman–Crippen MR) is 82.8 cm³/mol. The lowest BCUT2D eigenvalue weighted by molar-refractivity contribution is -0.270. The van der Waals surface area contributed by atoms with Gasteiger partial charge >= 0.3 is 5.97 Å². The molecule has 2 aromatic carbocycles. The Kier molecular flexibility index (Phi) is 8.06. The Morgan fingerprint density at radius 2 is 1.65 bits per heavy atom. The summed E-state index contributed by atoms with van der Waals surface area (Å²) in [4.78, 5) is 23.3. The first-order valence-electron chi connectivity index (χ1n) is 6.77. The largest absolute Gasteiger partial charge is 0.479 e. The van der Waals surface area contributed by atoms with Crippen LogP contribution in [0.4, 0.5) is 0 Å². The number of carbonyl (C=O) groups is 2. The highest BCUT2D eigenvalue weighted by Gasteiger charge is 2.13. The van der Waals surface area contributed by atoms with Crippen molar-refractivity contribution in [1.29, 1.82) is 0 Å². The number of carboxylic acids is 1. The molecule has 0 aliphatic carbocycles. The molecular formula is C17H18O6. The summed E-state index contributed by atoms with van der Waals surface area (Å²) in [5.41, 5.74) is 3.07. The zero-order valence-corrected chi connectivity index (χ0v) is 12.6. The number of hydrogen-bond acceptors (Lipinski definition) is 5. The van der Waals surface area contributed by atoms with Crippen molar-refractivity contribution >= 4 is 12.4 Å². The van der Waals surface area contributed by atoms with Crippen LogP contribution in [0.15, 0.2) is 54.6 Å². The minimum atomic E-state index is -1.15. The molecule has 6 heteroatoms. The number of benzene rings is 2. The van der Waals surface area contributed by atoms with Crippen LogP contribution in [-0.2, 0) is 19.2 Å². The first-order chi connectivity index (χ1) is 11.1. The Morgan fingerprint density at radius 3 is 2.09 bits per heavy atom. The average Bonchev–Trinajstić information content (AvgIpc) is 2.57. The highest BCUT2D eigenvalue weighted by atomic mass is 17.1. The molecule has 2 rings (SSSR count). The van der Waals surface area contributed by atoms with Crippen molar-refractivity contribution in [3.63, 3.8) is 0 Å². The van der Waals surface area contributed by atoms with E-state index in [9.17, 15) is 9.59 Å². The summed E-state index contributed by atoms with van der Waals surface area (Å²) in [6, 6.07) is 17.6. The molecule has 0 saturated carbocycles. The van der Waals surface area contributed by atoms with Gasteiger partial charge in [0.2, 0.25) is 0 Å². The molecule has 0 bridgehead atoms. The van der Waals surface area contributed by atoms with Crippen molar-refractivity contribution < 1.29 is 29.6 Å². The zero-order valence-electron chi connectivity index (χ0n) is 12.6. The molecule has 2 aromatic rings. The number of ether oxygens (including phenoxy) is 1. The summed E-state index contributed by atoms with van der Waals surface area (Å²) < 4.78 is 3.81. The molecule has 0 aliphatic heterocycles. The van der Waals surface area contributed by atoms with Crippen LogP contribution in [0.25, 0.3) is 0 Å². The van der Waals surface area contributed by atoms with Gasteiger partial charge in [-0.2, -0.15) is 0 Å². The third kappa shape index (κ3) is 6.73. The van der Waals surface area contributed by atoms with Crippen LogP contribution in [0.1, 0.15) is 22.8 Å². The van der Waals surface area contributed by atoms with Gasteiger partial charge in [0.15, 0.2) is 6.61 Å². The summed E-state index contributed by atoms with van der Waals surface area (Å²) in [5, 5.41) is 16.8. The van der Waals surface area contributed by atoms with Crippen molar-refractivity contribution in [2.24, 2.45) is 0 Å². The topological polar surface area (TPSA) is 93.1 Å². The molecule has 6 nitrogen and oxygen atoms in total. The molecule has 122 valence electrons. The molecule has 1 unspecified atom stereocenters. The number of carboxylic acid groups (broad SMARTS) is 1. The normalized spacial score (nSPS) is 10.9. The highest BCUT2D eigenvalue weighted by Crippen LogP contribution is 2.24. The van der Waals surface area contributed by atoms with Gasteiger partial charge in [-0.3, -0.25) is 10.1 Å². The van der Waals surface area contributed by atoms with Gasteiger partial charge in [-0.25, -0.2) is 9.68 Å². The Bertz CT molecular complexity index is 594. The molecule has 0 heterocycles.